The molecule has 1 N–H and O–H groups in total. The van der Waals surface area contributed by atoms with Gasteiger partial charge in [0.25, 0.3) is 0 Å². The van der Waals surface area contributed by atoms with Crippen LogP contribution in [-0.2, 0) is 0 Å². The Balaban J connectivity index is 1.59. The minimum atomic E-state index is -0.928. The Bertz CT molecular complexity index is 951. The lowest BCUT2D eigenvalue weighted by atomic mass is 9.78. The van der Waals surface area contributed by atoms with E-state index in [0.717, 1.165) is 19.3 Å². The lowest BCUT2D eigenvalue weighted by molar-refractivity contribution is 0.288. The molecular formula is C25H25F3O2. The molecule has 2 aromatic rings. The number of halogens is 3. The summed E-state index contributed by atoms with van der Waals surface area (Å²) in [5, 5.41) is 9.23. The van der Waals surface area contributed by atoms with E-state index in [1.165, 1.54) is 18.2 Å². The van der Waals surface area contributed by atoms with Gasteiger partial charge >= 0.3 is 0 Å². The van der Waals surface area contributed by atoms with Crippen molar-refractivity contribution in [2.24, 2.45) is 5.92 Å². The molecule has 0 spiro atoms. The van der Waals surface area contributed by atoms with Crippen LogP contribution < -0.4 is 4.74 Å². The van der Waals surface area contributed by atoms with Gasteiger partial charge in [-0.3, -0.25) is 0 Å². The zero-order chi connectivity index (χ0) is 21.5. The molecule has 1 aliphatic rings. The Labute approximate surface area is 175 Å². The summed E-state index contributed by atoms with van der Waals surface area (Å²) in [6, 6.07) is 7.17. The van der Waals surface area contributed by atoms with E-state index in [1.807, 2.05) is 0 Å². The molecule has 2 nitrogen and oxygen atoms in total. The highest BCUT2D eigenvalue weighted by molar-refractivity contribution is 5.39. The molecule has 158 valence electrons. The van der Waals surface area contributed by atoms with Crippen molar-refractivity contribution in [3.05, 3.63) is 71.6 Å². The molecule has 0 unspecified atom stereocenters. The monoisotopic (exact) mass is 414 g/mol. The fourth-order valence-electron chi connectivity index (χ4n) is 3.70. The number of aromatic hydroxyl groups is 1. The summed E-state index contributed by atoms with van der Waals surface area (Å²) in [6.45, 7) is 3.93. The third-order valence-corrected chi connectivity index (χ3v) is 5.42. The molecular weight excluding hydrogens is 389 g/mol. The molecule has 3 rings (SSSR count). The first kappa shape index (κ1) is 21.8. The van der Waals surface area contributed by atoms with Crippen LogP contribution in [0.5, 0.6) is 11.5 Å². The minimum absolute atomic E-state index is 0.0546. The highest BCUT2D eigenvalue weighted by Crippen LogP contribution is 2.38. The second-order valence-electron chi connectivity index (χ2n) is 7.54. The van der Waals surface area contributed by atoms with E-state index in [-0.39, 0.29) is 17.6 Å². The highest BCUT2D eigenvalue weighted by Gasteiger charge is 2.26. The third-order valence-electron chi connectivity index (χ3n) is 5.42. The van der Waals surface area contributed by atoms with Crippen molar-refractivity contribution in [3.63, 3.8) is 0 Å². The predicted octanol–water partition coefficient (Wildman–Crippen LogP) is 6.48. The molecule has 0 aliphatic heterocycles. The van der Waals surface area contributed by atoms with E-state index in [0.29, 0.717) is 37.0 Å². The maximum absolute atomic E-state index is 14.6. The van der Waals surface area contributed by atoms with Gasteiger partial charge in [-0.15, -0.1) is 6.58 Å². The van der Waals surface area contributed by atoms with Crippen LogP contribution in [0.15, 0.2) is 43.0 Å². The highest BCUT2D eigenvalue weighted by atomic mass is 19.2. The van der Waals surface area contributed by atoms with Crippen LogP contribution in [0.3, 0.4) is 0 Å². The summed E-state index contributed by atoms with van der Waals surface area (Å²) >= 11 is 0. The van der Waals surface area contributed by atoms with E-state index in [1.54, 1.807) is 18.2 Å². The van der Waals surface area contributed by atoms with Gasteiger partial charge in [0.05, 0.1) is 6.61 Å². The molecule has 0 radical (unpaired) electrons. The number of ether oxygens (including phenoxy) is 1. The van der Waals surface area contributed by atoms with E-state index in [2.05, 4.69) is 18.4 Å². The molecule has 30 heavy (non-hydrogen) atoms. The van der Waals surface area contributed by atoms with Crippen molar-refractivity contribution in [2.45, 2.75) is 44.4 Å². The standard InChI is InChI=1S/C25H25F3O2/c1-2-3-4-15-30-23-14-12-20(24(27)25(23)28)19-10-7-17(8-11-19)5-6-18-9-13-22(29)21(26)16-18/h2,9,12-14,16-17,19,29H,1,3-4,7-8,10-11,15H2. The SMILES string of the molecule is C=CCCCOc1ccc(C2CCC(C#Cc3ccc(O)c(F)c3)CC2)c(F)c1F. The summed E-state index contributed by atoms with van der Waals surface area (Å²) in [5.74, 6) is 3.23. The lowest BCUT2D eigenvalue weighted by Gasteiger charge is -2.26. The average molecular weight is 414 g/mol. The van der Waals surface area contributed by atoms with Crippen LogP contribution in [0, 0.1) is 35.2 Å². The van der Waals surface area contributed by atoms with Gasteiger partial charge in [-0.2, -0.15) is 4.39 Å². The smallest absolute Gasteiger partial charge is 0.200 e. The van der Waals surface area contributed by atoms with Crippen molar-refractivity contribution in [3.8, 4) is 23.3 Å². The minimum Gasteiger partial charge on any atom is -0.505 e. The molecule has 1 fully saturated rings. The Morgan fingerprint density at radius 2 is 1.83 bits per heavy atom. The first-order valence-electron chi connectivity index (χ1n) is 10.2. The number of phenols is 1. The van der Waals surface area contributed by atoms with Crippen LogP contribution in [0.2, 0.25) is 0 Å². The second-order valence-corrected chi connectivity index (χ2v) is 7.54. The quantitative estimate of drug-likeness (QED) is 0.333. The molecule has 0 atom stereocenters. The predicted molar refractivity (Wildman–Crippen MR) is 111 cm³/mol. The number of unbranched alkanes of at least 4 members (excludes halogenated alkanes) is 1. The van der Waals surface area contributed by atoms with Gasteiger partial charge in [-0.25, -0.2) is 8.78 Å². The summed E-state index contributed by atoms with van der Waals surface area (Å²) in [5.41, 5.74) is 0.891. The van der Waals surface area contributed by atoms with Crippen molar-refractivity contribution >= 4 is 0 Å². The molecule has 1 saturated carbocycles. The lowest BCUT2D eigenvalue weighted by Crippen LogP contribution is -2.14. The molecule has 0 amide bonds. The number of benzene rings is 2. The number of phenolic OH excluding ortho intramolecular Hbond substituents is 1. The maximum Gasteiger partial charge on any atom is 0.200 e. The fraction of sp³-hybridized carbons (Fsp3) is 0.360. The summed E-state index contributed by atoms with van der Waals surface area (Å²) in [6.07, 6.45) is 6.16. The molecule has 5 heteroatoms. The summed E-state index contributed by atoms with van der Waals surface area (Å²) < 4.78 is 47.7. The van der Waals surface area contributed by atoms with Crippen molar-refractivity contribution in [1.29, 1.82) is 0 Å². The van der Waals surface area contributed by atoms with Gasteiger partial charge < -0.3 is 9.84 Å². The Morgan fingerprint density at radius 3 is 2.53 bits per heavy atom. The van der Waals surface area contributed by atoms with Gasteiger partial charge in [0.2, 0.25) is 5.82 Å². The molecule has 1 aliphatic carbocycles. The zero-order valence-electron chi connectivity index (χ0n) is 16.8. The summed E-state index contributed by atoms with van der Waals surface area (Å²) in [7, 11) is 0. The van der Waals surface area contributed by atoms with Gasteiger partial charge in [-0.05, 0) is 74.3 Å². The molecule has 0 heterocycles. The van der Waals surface area contributed by atoms with E-state index >= 15 is 0 Å². The van der Waals surface area contributed by atoms with Crippen LogP contribution in [0.1, 0.15) is 55.6 Å². The Kier molecular flexibility index (Phi) is 7.46. The van der Waals surface area contributed by atoms with Crippen molar-refractivity contribution in [1.82, 2.24) is 0 Å². The fourth-order valence-corrected chi connectivity index (χ4v) is 3.70. The van der Waals surface area contributed by atoms with Crippen molar-refractivity contribution in [2.75, 3.05) is 6.61 Å². The number of hydrogen-bond donors (Lipinski definition) is 1. The topological polar surface area (TPSA) is 29.5 Å². The Morgan fingerprint density at radius 1 is 1.07 bits per heavy atom. The number of rotatable bonds is 6. The zero-order valence-corrected chi connectivity index (χ0v) is 16.8. The first-order valence-corrected chi connectivity index (χ1v) is 10.2. The average Bonchev–Trinajstić information content (AvgIpc) is 2.75. The number of allylic oxidation sites excluding steroid dienone is 1. The van der Waals surface area contributed by atoms with Crippen LogP contribution in [0.4, 0.5) is 13.2 Å². The van der Waals surface area contributed by atoms with Crippen LogP contribution in [-0.4, -0.2) is 11.7 Å². The van der Waals surface area contributed by atoms with E-state index < -0.39 is 23.2 Å². The van der Waals surface area contributed by atoms with E-state index in [9.17, 15) is 18.3 Å². The van der Waals surface area contributed by atoms with Gasteiger partial charge in [0, 0.05) is 11.5 Å². The molecule has 0 aromatic heterocycles. The van der Waals surface area contributed by atoms with Gasteiger partial charge in [0.15, 0.2) is 23.1 Å². The maximum atomic E-state index is 14.6. The van der Waals surface area contributed by atoms with Crippen LogP contribution >= 0.6 is 0 Å². The van der Waals surface area contributed by atoms with Crippen molar-refractivity contribution < 1.29 is 23.0 Å². The normalized spacial score (nSPS) is 18.4. The summed E-state index contributed by atoms with van der Waals surface area (Å²) in [4.78, 5) is 0. The third kappa shape index (κ3) is 5.38. The largest absolute Gasteiger partial charge is 0.505 e. The Hall–Kier alpha value is -2.87. The van der Waals surface area contributed by atoms with Gasteiger partial charge in [-0.1, -0.05) is 24.0 Å². The first-order chi connectivity index (χ1) is 14.5. The molecule has 0 saturated heterocycles. The second kappa shape index (κ2) is 10.2. The molecule has 0 bridgehead atoms. The van der Waals surface area contributed by atoms with E-state index in [4.69, 9.17) is 4.74 Å². The molecule has 2 aromatic carbocycles. The van der Waals surface area contributed by atoms with Gasteiger partial charge in [0.1, 0.15) is 0 Å². The number of hydrogen-bond acceptors (Lipinski definition) is 2. The van der Waals surface area contributed by atoms with Crippen LogP contribution in [0.25, 0.3) is 0 Å².